The Balaban J connectivity index is 1.37. The van der Waals surface area contributed by atoms with Crippen molar-refractivity contribution in [3.63, 3.8) is 0 Å². The Morgan fingerprint density at radius 3 is 2.17 bits per heavy atom. The molecular weight excluding hydrogens is 424 g/mol. The van der Waals surface area contributed by atoms with Crippen molar-refractivity contribution in [3.8, 4) is 23.0 Å². The number of fused-ring (bicyclic) bond motifs is 3. The summed E-state index contributed by atoms with van der Waals surface area (Å²) in [4.78, 5) is 12.1. The third-order valence-electron chi connectivity index (χ3n) is 4.89. The lowest BCUT2D eigenvalue weighted by Crippen LogP contribution is -2.26. The van der Waals surface area contributed by atoms with Crippen LogP contribution in [0.1, 0.15) is 22.6 Å². The highest BCUT2D eigenvalue weighted by atomic mass is 35.5. The van der Waals surface area contributed by atoms with Crippen LogP contribution in [-0.4, -0.2) is 19.2 Å². The highest BCUT2D eigenvalue weighted by Crippen LogP contribution is 2.44. The summed E-state index contributed by atoms with van der Waals surface area (Å²) in [6, 6.07) is 18.5. The smallest absolute Gasteiger partial charge is 0.407 e. The van der Waals surface area contributed by atoms with Gasteiger partial charge in [0.15, 0.2) is 0 Å². The molecule has 0 fully saturated rings. The average Bonchev–Trinajstić information content (AvgIpc) is 3.05. The highest BCUT2D eigenvalue weighted by Gasteiger charge is 2.28. The van der Waals surface area contributed by atoms with Crippen molar-refractivity contribution in [2.45, 2.75) is 5.92 Å². The molecule has 6 heteroatoms. The number of alkyl carbamates (subject to hydrolysis) is 1. The molecule has 1 aliphatic rings. The Kier molecular flexibility index (Phi) is 5.94. The van der Waals surface area contributed by atoms with E-state index in [-0.39, 0.29) is 29.1 Å². The molecule has 3 aromatic carbocycles. The maximum absolute atomic E-state index is 13.2. The van der Waals surface area contributed by atoms with Crippen LogP contribution in [0.15, 0.2) is 60.7 Å². The maximum atomic E-state index is 13.2. The fourth-order valence-corrected chi connectivity index (χ4v) is 4.11. The van der Waals surface area contributed by atoms with Gasteiger partial charge in [0, 0.05) is 5.92 Å². The number of carbonyl (C=O) groups excluding carboxylic acids is 1. The molecule has 0 radical (unpaired) electrons. The van der Waals surface area contributed by atoms with E-state index in [0.717, 1.165) is 23.3 Å². The minimum atomic E-state index is -0.567. The largest absolute Gasteiger partial charge is 0.449 e. The van der Waals surface area contributed by atoms with Crippen molar-refractivity contribution >= 4 is 29.3 Å². The standard InChI is InChI=1S/C24H16Cl2FNO2/c25-22-12-15(27)13-23(26)20(22)10-5-11-28-24(29)30-14-21-18-8-3-1-6-16(18)17-7-2-4-9-19(17)21/h1-4,6-9,12-13,21H,11,14H2,(H,28,29). The SMILES string of the molecule is O=C(NCC#Cc1c(Cl)cc(F)cc1Cl)OCC1c2ccccc2-c2ccccc21. The molecule has 3 nitrogen and oxygen atoms in total. The molecule has 4 rings (SSSR count). The molecule has 1 amide bonds. The summed E-state index contributed by atoms with van der Waals surface area (Å²) in [7, 11) is 0. The predicted molar refractivity (Wildman–Crippen MR) is 116 cm³/mol. The van der Waals surface area contributed by atoms with Crippen molar-refractivity contribution in [2.24, 2.45) is 0 Å². The first-order valence-electron chi connectivity index (χ1n) is 9.27. The third kappa shape index (κ3) is 4.14. The first-order chi connectivity index (χ1) is 14.5. The zero-order valence-electron chi connectivity index (χ0n) is 15.7. The number of hydrogen-bond acceptors (Lipinski definition) is 2. The van der Waals surface area contributed by atoms with Crippen LogP contribution < -0.4 is 5.32 Å². The van der Waals surface area contributed by atoms with E-state index in [9.17, 15) is 9.18 Å². The Morgan fingerprint density at radius 1 is 1.00 bits per heavy atom. The molecule has 150 valence electrons. The van der Waals surface area contributed by atoms with E-state index < -0.39 is 11.9 Å². The molecule has 0 saturated heterocycles. The summed E-state index contributed by atoms with van der Waals surface area (Å²) in [5, 5.41) is 2.82. The Bertz CT molecular complexity index is 1110. The minimum absolute atomic E-state index is 0.00828. The maximum Gasteiger partial charge on any atom is 0.407 e. The van der Waals surface area contributed by atoms with Gasteiger partial charge in [0.25, 0.3) is 0 Å². The number of benzene rings is 3. The van der Waals surface area contributed by atoms with Crippen LogP contribution in [0.2, 0.25) is 10.0 Å². The van der Waals surface area contributed by atoms with E-state index in [1.807, 2.05) is 24.3 Å². The number of ether oxygens (including phenoxy) is 1. The topological polar surface area (TPSA) is 38.3 Å². The second kappa shape index (κ2) is 8.79. The van der Waals surface area contributed by atoms with E-state index in [2.05, 4.69) is 41.4 Å². The minimum Gasteiger partial charge on any atom is -0.449 e. The van der Waals surface area contributed by atoms with Gasteiger partial charge in [-0.25, -0.2) is 9.18 Å². The van der Waals surface area contributed by atoms with Crippen molar-refractivity contribution in [3.05, 3.63) is 93.2 Å². The van der Waals surface area contributed by atoms with Crippen LogP contribution in [0.3, 0.4) is 0 Å². The van der Waals surface area contributed by atoms with Gasteiger partial charge in [-0.3, -0.25) is 0 Å². The molecule has 0 heterocycles. The molecule has 1 aliphatic carbocycles. The van der Waals surface area contributed by atoms with Crippen LogP contribution in [-0.2, 0) is 4.74 Å². The monoisotopic (exact) mass is 439 g/mol. The van der Waals surface area contributed by atoms with Gasteiger partial charge in [0.2, 0.25) is 0 Å². The average molecular weight is 440 g/mol. The fourth-order valence-electron chi connectivity index (χ4n) is 3.56. The Morgan fingerprint density at radius 2 is 1.57 bits per heavy atom. The number of rotatable bonds is 3. The first-order valence-corrected chi connectivity index (χ1v) is 10.0. The molecule has 0 aromatic heterocycles. The van der Waals surface area contributed by atoms with Crippen molar-refractivity contribution in [2.75, 3.05) is 13.2 Å². The number of halogens is 3. The van der Waals surface area contributed by atoms with Crippen LogP contribution in [0.4, 0.5) is 9.18 Å². The fraction of sp³-hybridized carbons (Fsp3) is 0.125. The van der Waals surface area contributed by atoms with Gasteiger partial charge in [-0.05, 0) is 34.4 Å². The quantitative estimate of drug-likeness (QED) is 0.506. The lowest BCUT2D eigenvalue weighted by molar-refractivity contribution is 0.144. The van der Waals surface area contributed by atoms with E-state index in [4.69, 9.17) is 27.9 Å². The van der Waals surface area contributed by atoms with Crippen molar-refractivity contribution in [1.29, 1.82) is 0 Å². The molecule has 30 heavy (non-hydrogen) atoms. The number of hydrogen-bond donors (Lipinski definition) is 1. The predicted octanol–water partition coefficient (Wildman–Crippen LogP) is 6.02. The second-order valence-corrected chi connectivity index (χ2v) is 7.54. The van der Waals surface area contributed by atoms with Crippen molar-refractivity contribution in [1.82, 2.24) is 5.32 Å². The summed E-state index contributed by atoms with van der Waals surface area (Å²) in [5.74, 6) is 4.93. The van der Waals surface area contributed by atoms with Crippen LogP contribution in [0.5, 0.6) is 0 Å². The van der Waals surface area contributed by atoms with Gasteiger partial charge in [0.05, 0.1) is 22.2 Å². The molecular formula is C24H16Cl2FNO2. The number of carbonyl (C=O) groups is 1. The van der Waals surface area contributed by atoms with Gasteiger partial charge in [-0.2, -0.15) is 0 Å². The van der Waals surface area contributed by atoms with Gasteiger partial charge in [0.1, 0.15) is 12.4 Å². The lowest BCUT2D eigenvalue weighted by Gasteiger charge is -2.14. The lowest BCUT2D eigenvalue weighted by atomic mass is 9.98. The molecule has 0 aliphatic heterocycles. The summed E-state index contributed by atoms with van der Waals surface area (Å²) in [5.41, 5.74) is 4.94. The zero-order valence-corrected chi connectivity index (χ0v) is 17.2. The van der Waals surface area contributed by atoms with Gasteiger partial charge < -0.3 is 10.1 Å². The molecule has 1 N–H and O–H groups in total. The summed E-state index contributed by atoms with van der Waals surface area (Å²) in [6.45, 7) is 0.267. The van der Waals surface area contributed by atoms with E-state index in [1.165, 1.54) is 11.1 Å². The van der Waals surface area contributed by atoms with Crippen LogP contribution >= 0.6 is 23.2 Å². The van der Waals surface area contributed by atoms with E-state index in [0.29, 0.717) is 5.56 Å². The number of amides is 1. The highest BCUT2D eigenvalue weighted by molar-refractivity contribution is 6.36. The first kappa shape index (κ1) is 20.3. The van der Waals surface area contributed by atoms with Gasteiger partial charge >= 0.3 is 6.09 Å². The Labute approximate surface area is 183 Å². The second-order valence-electron chi connectivity index (χ2n) is 6.73. The zero-order chi connectivity index (χ0) is 21.1. The third-order valence-corrected chi connectivity index (χ3v) is 5.48. The molecule has 0 spiro atoms. The summed E-state index contributed by atoms with van der Waals surface area (Å²) < 4.78 is 18.6. The van der Waals surface area contributed by atoms with Crippen molar-refractivity contribution < 1.29 is 13.9 Å². The molecule has 0 unspecified atom stereocenters. The normalized spacial score (nSPS) is 11.8. The molecule has 0 bridgehead atoms. The van der Waals surface area contributed by atoms with Gasteiger partial charge in [-0.1, -0.05) is 83.6 Å². The van der Waals surface area contributed by atoms with Crippen LogP contribution in [0, 0.1) is 17.7 Å². The van der Waals surface area contributed by atoms with Gasteiger partial charge in [-0.15, -0.1) is 0 Å². The molecule has 0 atom stereocenters. The molecule has 3 aromatic rings. The number of nitrogens with one attached hydrogen (secondary N) is 1. The summed E-state index contributed by atoms with van der Waals surface area (Å²) >= 11 is 11.9. The van der Waals surface area contributed by atoms with E-state index in [1.54, 1.807) is 0 Å². The van der Waals surface area contributed by atoms with E-state index >= 15 is 0 Å². The molecule has 0 saturated carbocycles. The Hall–Kier alpha value is -3.00. The van der Waals surface area contributed by atoms with Crippen LogP contribution in [0.25, 0.3) is 11.1 Å². The summed E-state index contributed by atoms with van der Waals surface area (Å²) in [6.07, 6.45) is -0.567.